The van der Waals surface area contributed by atoms with Crippen LogP contribution < -0.4 is 19.3 Å². The molecule has 0 fully saturated rings. The number of nitrogens with zero attached hydrogens (tertiary/aromatic N) is 2. The third-order valence-corrected chi connectivity index (χ3v) is 8.36. The van der Waals surface area contributed by atoms with Gasteiger partial charge in [0.15, 0.2) is 13.5 Å². The molecule has 0 atom stereocenters. The zero-order valence-corrected chi connectivity index (χ0v) is 24.1. The van der Waals surface area contributed by atoms with Crippen molar-refractivity contribution in [3.05, 3.63) is 144 Å². The van der Waals surface area contributed by atoms with Gasteiger partial charge in [0.1, 0.15) is 11.5 Å². The molecule has 4 aromatic rings. The zero-order valence-electron chi connectivity index (χ0n) is 24.1. The molecule has 0 saturated carbocycles. The van der Waals surface area contributed by atoms with Crippen LogP contribution in [0.5, 0.6) is 11.5 Å². The molecule has 4 aromatic carbocycles. The Hall–Kier alpha value is -4.44. The third kappa shape index (κ3) is 5.22. The van der Waals surface area contributed by atoms with E-state index in [0.29, 0.717) is 13.5 Å². The van der Waals surface area contributed by atoms with Gasteiger partial charge in [0, 0.05) is 41.0 Å². The summed E-state index contributed by atoms with van der Waals surface area (Å²) in [6, 6.07) is 30.2. The summed E-state index contributed by atoms with van der Waals surface area (Å²) in [5.41, 5.74) is 9.58. The molecule has 208 valence electrons. The third-order valence-electron chi connectivity index (χ3n) is 8.36. The molecular weight excluding hydrogens is 504 g/mol. The largest absolute Gasteiger partial charge is 0.473 e. The molecule has 0 spiro atoms. The van der Waals surface area contributed by atoms with Crippen LogP contribution in [-0.4, -0.2) is 13.5 Å². The highest BCUT2D eigenvalue weighted by atomic mass is 16.5. The molecule has 0 radical (unpaired) electrons. The van der Waals surface area contributed by atoms with Crippen LogP contribution in [0, 0.1) is 0 Å². The number of hydrogen-bond acceptors (Lipinski definition) is 4. The first-order valence-electron chi connectivity index (χ1n) is 14.4. The van der Waals surface area contributed by atoms with Crippen molar-refractivity contribution in [2.45, 2.75) is 45.2 Å². The van der Waals surface area contributed by atoms with Crippen LogP contribution in [0.2, 0.25) is 0 Å². The van der Waals surface area contributed by atoms with Crippen LogP contribution in [0.3, 0.4) is 0 Å². The molecular formula is C37H38N2O2. The summed E-state index contributed by atoms with van der Waals surface area (Å²) in [4.78, 5) is 4.56. The fraction of sp³-hybridized carbons (Fsp3) is 0.243. The number of ether oxygens (including phenoxy) is 2. The summed E-state index contributed by atoms with van der Waals surface area (Å²) < 4.78 is 12.6. The van der Waals surface area contributed by atoms with Crippen LogP contribution in [0.25, 0.3) is 0 Å². The van der Waals surface area contributed by atoms with Crippen molar-refractivity contribution in [2.24, 2.45) is 0 Å². The first-order chi connectivity index (χ1) is 20.0. The van der Waals surface area contributed by atoms with Crippen molar-refractivity contribution >= 4 is 11.4 Å². The van der Waals surface area contributed by atoms with E-state index in [1.54, 1.807) is 0 Å². The predicted molar refractivity (Wildman–Crippen MR) is 169 cm³/mol. The van der Waals surface area contributed by atoms with Crippen molar-refractivity contribution < 1.29 is 9.47 Å². The minimum atomic E-state index is -0.273. The Bertz CT molecular complexity index is 1440. The van der Waals surface area contributed by atoms with Crippen molar-refractivity contribution in [3.63, 3.8) is 0 Å². The molecule has 0 unspecified atom stereocenters. The standard InChI is InChI=1S/C37H38N2O2/c1-5-13-27-21-35-29(23-38(25-40-35)31-15-9-7-10-16-31)19-33(27)37(3,4)34-20-30-24-39(32-17-11-8-12-18-32)26-41-36(30)22-28(34)14-6-2/h5-12,15-22H,1-2,13-14,23-26H2,3-4H3. The zero-order chi connectivity index (χ0) is 28.4. The molecule has 0 aromatic heterocycles. The Kier molecular flexibility index (Phi) is 7.32. The number of para-hydroxylation sites is 2. The van der Waals surface area contributed by atoms with Crippen LogP contribution in [0.4, 0.5) is 11.4 Å². The first-order valence-corrected chi connectivity index (χ1v) is 14.4. The minimum Gasteiger partial charge on any atom is -0.473 e. The molecule has 0 amide bonds. The Balaban J connectivity index is 1.41. The summed E-state index contributed by atoms with van der Waals surface area (Å²) in [5.74, 6) is 1.94. The lowest BCUT2D eigenvalue weighted by Gasteiger charge is -2.37. The lowest BCUT2D eigenvalue weighted by atomic mass is 9.72. The second-order valence-electron chi connectivity index (χ2n) is 11.5. The van der Waals surface area contributed by atoms with E-state index in [-0.39, 0.29) is 5.41 Å². The van der Waals surface area contributed by atoms with Crippen LogP contribution in [-0.2, 0) is 31.3 Å². The van der Waals surface area contributed by atoms with Gasteiger partial charge in [-0.15, -0.1) is 13.2 Å². The Morgan fingerprint density at radius 3 is 1.46 bits per heavy atom. The molecule has 0 N–H and O–H groups in total. The second-order valence-corrected chi connectivity index (χ2v) is 11.5. The van der Waals surface area contributed by atoms with Gasteiger partial charge in [0.2, 0.25) is 0 Å². The number of rotatable bonds is 8. The number of hydrogen-bond donors (Lipinski definition) is 0. The van der Waals surface area contributed by atoms with Gasteiger partial charge >= 0.3 is 0 Å². The molecule has 0 aliphatic carbocycles. The van der Waals surface area contributed by atoms with Gasteiger partial charge in [-0.3, -0.25) is 0 Å². The molecule has 6 rings (SSSR count). The van der Waals surface area contributed by atoms with Crippen LogP contribution >= 0.6 is 0 Å². The summed E-state index contributed by atoms with van der Waals surface area (Å²) in [7, 11) is 0. The second kappa shape index (κ2) is 11.2. The molecule has 0 bridgehead atoms. The molecule has 2 aliphatic heterocycles. The maximum absolute atomic E-state index is 6.30. The van der Waals surface area contributed by atoms with E-state index in [1.165, 1.54) is 44.8 Å². The average Bonchev–Trinajstić information content (AvgIpc) is 3.01. The van der Waals surface area contributed by atoms with Gasteiger partial charge in [-0.25, -0.2) is 0 Å². The van der Waals surface area contributed by atoms with E-state index >= 15 is 0 Å². The number of allylic oxidation sites excluding steroid dienone is 2. The minimum absolute atomic E-state index is 0.273. The topological polar surface area (TPSA) is 24.9 Å². The summed E-state index contributed by atoms with van der Waals surface area (Å²) in [6.07, 6.45) is 5.54. The quantitative estimate of drug-likeness (QED) is 0.210. The molecule has 41 heavy (non-hydrogen) atoms. The highest BCUT2D eigenvalue weighted by Gasteiger charge is 2.32. The van der Waals surface area contributed by atoms with E-state index in [4.69, 9.17) is 9.47 Å². The van der Waals surface area contributed by atoms with Crippen LogP contribution in [0.15, 0.2) is 110 Å². The van der Waals surface area contributed by atoms with Crippen molar-refractivity contribution in [1.82, 2.24) is 0 Å². The maximum atomic E-state index is 6.30. The van der Waals surface area contributed by atoms with Gasteiger partial charge in [-0.2, -0.15) is 0 Å². The van der Waals surface area contributed by atoms with Gasteiger partial charge in [0.05, 0.1) is 0 Å². The molecule has 4 nitrogen and oxygen atoms in total. The maximum Gasteiger partial charge on any atom is 0.161 e. The van der Waals surface area contributed by atoms with Gasteiger partial charge < -0.3 is 19.3 Å². The fourth-order valence-electron chi connectivity index (χ4n) is 6.21. The van der Waals surface area contributed by atoms with E-state index in [1.807, 2.05) is 24.3 Å². The lowest BCUT2D eigenvalue weighted by Crippen LogP contribution is -2.33. The highest BCUT2D eigenvalue weighted by Crippen LogP contribution is 2.43. The molecule has 4 heteroatoms. The van der Waals surface area contributed by atoms with Gasteiger partial charge in [0.25, 0.3) is 0 Å². The van der Waals surface area contributed by atoms with E-state index in [0.717, 1.165) is 37.4 Å². The Morgan fingerprint density at radius 1 is 0.659 bits per heavy atom. The van der Waals surface area contributed by atoms with Crippen molar-refractivity contribution in [1.29, 1.82) is 0 Å². The van der Waals surface area contributed by atoms with Gasteiger partial charge in [-0.1, -0.05) is 62.4 Å². The SMILES string of the molecule is C=CCc1cc2c(cc1C(C)(C)c1cc3c(cc1CC=C)OCN(c1ccccc1)C3)CN(c1ccccc1)CO2. The smallest absolute Gasteiger partial charge is 0.161 e. The summed E-state index contributed by atoms with van der Waals surface area (Å²) in [5, 5.41) is 0. The first kappa shape index (κ1) is 26.8. The van der Waals surface area contributed by atoms with E-state index in [2.05, 4.69) is 110 Å². The van der Waals surface area contributed by atoms with Crippen molar-refractivity contribution in [3.8, 4) is 11.5 Å². The fourth-order valence-corrected chi connectivity index (χ4v) is 6.21. The monoisotopic (exact) mass is 542 g/mol. The predicted octanol–water partition coefficient (Wildman–Crippen LogP) is 8.18. The molecule has 2 aliphatic rings. The Morgan fingerprint density at radius 2 is 1.07 bits per heavy atom. The lowest BCUT2D eigenvalue weighted by molar-refractivity contribution is 0.288. The summed E-state index contributed by atoms with van der Waals surface area (Å²) in [6.45, 7) is 15.5. The molecule has 2 heterocycles. The summed E-state index contributed by atoms with van der Waals surface area (Å²) >= 11 is 0. The average molecular weight is 543 g/mol. The number of anilines is 2. The highest BCUT2D eigenvalue weighted by molar-refractivity contribution is 5.58. The van der Waals surface area contributed by atoms with E-state index < -0.39 is 0 Å². The van der Waals surface area contributed by atoms with Gasteiger partial charge in [-0.05, 0) is 83.6 Å². The Labute approximate surface area is 244 Å². The van der Waals surface area contributed by atoms with E-state index in [9.17, 15) is 0 Å². The number of fused-ring (bicyclic) bond motifs is 2. The van der Waals surface area contributed by atoms with Crippen LogP contribution in [0.1, 0.15) is 47.2 Å². The number of benzene rings is 4. The normalized spacial score (nSPS) is 14.4. The molecule has 0 saturated heterocycles. The van der Waals surface area contributed by atoms with Crippen molar-refractivity contribution in [2.75, 3.05) is 23.3 Å².